The first kappa shape index (κ1) is 21.8. The van der Waals surface area contributed by atoms with Gasteiger partial charge in [0.15, 0.2) is 0 Å². The normalized spacial score (nSPS) is 37.2. The molecule has 6 heteroatoms. The third-order valence-electron chi connectivity index (χ3n) is 4.71. The maximum absolute atomic E-state index is 9.44. The Hall–Kier alpha value is -0.240. The molecule has 0 aromatic heterocycles. The number of hydrogen-bond acceptors (Lipinski definition) is 6. The molecule has 6 atom stereocenters. The molecular weight excluding hydrogens is 312 g/mol. The van der Waals surface area contributed by atoms with Crippen LogP contribution in [0.15, 0.2) is 0 Å². The molecule has 2 heterocycles. The van der Waals surface area contributed by atoms with Crippen molar-refractivity contribution in [1.29, 1.82) is 0 Å². The lowest BCUT2D eigenvalue weighted by Gasteiger charge is -2.34. The van der Waals surface area contributed by atoms with Crippen LogP contribution >= 0.6 is 0 Å². The molecule has 4 N–H and O–H groups in total. The van der Waals surface area contributed by atoms with E-state index in [4.69, 9.17) is 19.7 Å². The van der Waals surface area contributed by atoms with Crippen molar-refractivity contribution in [3.8, 4) is 0 Å². The van der Waals surface area contributed by atoms with Crippen molar-refractivity contribution in [1.82, 2.24) is 0 Å². The van der Waals surface area contributed by atoms with Crippen LogP contribution in [-0.4, -0.2) is 70.3 Å². The fourth-order valence-corrected chi connectivity index (χ4v) is 3.15. The Morgan fingerprint density at radius 3 is 1.29 bits per heavy atom. The van der Waals surface area contributed by atoms with Crippen LogP contribution in [0.3, 0.4) is 0 Å². The van der Waals surface area contributed by atoms with Gasteiger partial charge >= 0.3 is 0 Å². The summed E-state index contributed by atoms with van der Waals surface area (Å²) >= 11 is 0. The molecule has 6 nitrogen and oxygen atoms in total. The lowest BCUT2D eigenvalue weighted by molar-refractivity contribution is -0.126. The molecule has 0 radical (unpaired) electrons. The SMILES string of the molecule is CC(C)C1CC(O)CC(CO)O1.CC(C)C1CC(O)CC(CO)O1. The molecule has 2 fully saturated rings. The lowest BCUT2D eigenvalue weighted by Crippen LogP contribution is -2.39. The molecule has 0 bridgehead atoms. The third kappa shape index (κ3) is 7.33. The van der Waals surface area contributed by atoms with Crippen molar-refractivity contribution in [3.05, 3.63) is 0 Å². The molecule has 2 saturated heterocycles. The van der Waals surface area contributed by atoms with E-state index in [1.54, 1.807) is 0 Å². The minimum Gasteiger partial charge on any atom is -0.394 e. The molecule has 2 aliphatic heterocycles. The van der Waals surface area contributed by atoms with Gasteiger partial charge in [-0.15, -0.1) is 0 Å². The standard InChI is InChI=1S/2C9H18O3/c2*1-6(2)9-4-7(11)3-8(5-10)12-9/h2*6-11H,3-5H2,1-2H3. The predicted molar refractivity (Wildman–Crippen MR) is 91.7 cm³/mol. The Morgan fingerprint density at radius 2 is 1.04 bits per heavy atom. The monoisotopic (exact) mass is 348 g/mol. The Labute approximate surface area is 145 Å². The van der Waals surface area contributed by atoms with E-state index in [2.05, 4.69) is 27.7 Å². The summed E-state index contributed by atoms with van der Waals surface area (Å²) in [5, 5.41) is 36.6. The highest BCUT2D eigenvalue weighted by Gasteiger charge is 2.30. The molecule has 0 spiro atoms. The number of hydrogen-bond donors (Lipinski definition) is 4. The summed E-state index contributed by atoms with van der Waals surface area (Å²) in [6.45, 7) is 8.29. The Kier molecular flexibility index (Phi) is 9.71. The zero-order valence-corrected chi connectivity index (χ0v) is 15.5. The topological polar surface area (TPSA) is 99.4 Å². The van der Waals surface area contributed by atoms with Gasteiger partial charge in [0.05, 0.1) is 49.8 Å². The minimum atomic E-state index is -0.303. The zero-order valence-electron chi connectivity index (χ0n) is 15.5. The van der Waals surface area contributed by atoms with Gasteiger partial charge in [-0.1, -0.05) is 27.7 Å². The maximum atomic E-state index is 9.44. The fourth-order valence-electron chi connectivity index (χ4n) is 3.15. The Morgan fingerprint density at radius 1 is 0.708 bits per heavy atom. The third-order valence-corrected chi connectivity index (χ3v) is 4.71. The zero-order chi connectivity index (χ0) is 18.3. The first-order valence-corrected chi connectivity index (χ1v) is 9.15. The molecule has 0 aliphatic carbocycles. The van der Waals surface area contributed by atoms with Crippen molar-refractivity contribution >= 4 is 0 Å². The summed E-state index contributed by atoms with van der Waals surface area (Å²) in [7, 11) is 0. The predicted octanol–water partition coefficient (Wildman–Crippen LogP) is 1.09. The molecule has 24 heavy (non-hydrogen) atoms. The minimum absolute atomic E-state index is 0.0142. The van der Waals surface area contributed by atoms with E-state index in [0.29, 0.717) is 37.5 Å². The van der Waals surface area contributed by atoms with E-state index in [-0.39, 0.29) is 49.8 Å². The first-order valence-electron chi connectivity index (χ1n) is 9.15. The van der Waals surface area contributed by atoms with Gasteiger partial charge in [0, 0.05) is 12.8 Å². The average Bonchev–Trinajstić information content (AvgIpc) is 2.54. The second kappa shape index (κ2) is 10.7. The molecule has 0 saturated carbocycles. The second-order valence-corrected chi connectivity index (χ2v) is 7.70. The summed E-state index contributed by atoms with van der Waals surface area (Å²) in [4.78, 5) is 0. The van der Waals surface area contributed by atoms with Crippen LogP contribution in [0.1, 0.15) is 53.4 Å². The van der Waals surface area contributed by atoms with Gasteiger partial charge < -0.3 is 29.9 Å². The molecule has 144 valence electrons. The molecule has 0 aromatic rings. The quantitative estimate of drug-likeness (QED) is 0.607. The van der Waals surface area contributed by atoms with E-state index in [1.807, 2.05) is 0 Å². The molecule has 0 aromatic carbocycles. The summed E-state index contributed by atoms with van der Waals surface area (Å²) in [6, 6.07) is 0. The summed E-state index contributed by atoms with van der Waals surface area (Å²) in [5.74, 6) is 0.822. The van der Waals surface area contributed by atoms with Gasteiger partial charge in [-0.25, -0.2) is 0 Å². The van der Waals surface area contributed by atoms with Crippen molar-refractivity contribution in [2.24, 2.45) is 11.8 Å². The summed E-state index contributed by atoms with van der Waals surface area (Å²) < 4.78 is 11.1. The van der Waals surface area contributed by atoms with Crippen molar-refractivity contribution in [2.75, 3.05) is 13.2 Å². The van der Waals surface area contributed by atoms with Crippen LogP contribution in [0.25, 0.3) is 0 Å². The van der Waals surface area contributed by atoms with Crippen molar-refractivity contribution in [3.63, 3.8) is 0 Å². The van der Waals surface area contributed by atoms with Gasteiger partial charge in [0.25, 0.3) is 0 Å². The molecule has 2 aliphatic rings. The summed E-state index contributed by atoms with van der Waals surface area (Å²) in [5.41, 5.74) is 0. The first-order chi connectivity index (χ1) is 11.3. The highest BCUT2D eigenvalue weighted by molar-refractivity contribution is 4.79. The van der Waals surface area contributed by atoms with E-state index < -0.39 is 0 Å². The number of ether oxygens (including phenoxy) is 2. The maximum Gasteiger partial charge on any atom is 0.0834 e. The smallest absolute Gasteiger partial charge is 0.0834 e. The van der Waals surface area contributed by atoms with E-state index in [9.17, 15) is 10.2 Å². The highest BCUT2D eigenvalue weighted by Crippen LogP contribution is 2.25. The van der Waals surface area contributed by atoms with Crippen LogP contribution in [-0.2, 0) is 9.47 Å². The number of rotatable bonds is 4. The van der Waals surface area contributed by atoms with Gasteiger partial charge in [0.1, 0.15) is 0 Å². The van der Waals surface area contributed by atoms with Crippen molar-refractivity contribution < 1.29 is 29.9 Å². The van der Waals surface area contributed by atoms with Crippen LogP contribution in [0.2, 0.25) is 0 Å². The molecule has 6 unspecified atom stereocenters. The van der Waals surface area contributed by atoms with Gasteiger partial charge in [-0.2, -0.15) is 0 Å². The van der Waals surface area contributed by atoms with E-state index in [1.165, 1.54) is 0 Å². The highest BCUT2D eigenvalue weighted by atomic mass is 16.5. The largest absolute Gasteiger partial charge is 0.394 e. The average molecular weight is 348 g/mol. The number of aliphatic hydroxyl groups is 4. The summed E-state index contributed by atoms with van der Waals surface area (Å²) in [6.07, 6.45) is 1.81. The van der Waals surface area contributed by atoms with Crippen LogP contribution < -0.4 is 0 Å². The van der Waals surface area contributed by atoms with Gasteiger partial charge in [-0.3, -0.25) is 0 Å². The fraction of sp³-hybridized carbons (Fsp3) is 1.00. The van der Waals surface area contributed by atoms with Crippen LogP contribution in [0, 0.1) is 11.8 Å². The van der Waals surface area contributed by atoms with Crippen LogP contribution in [0.4, 0.5) is 0 Å². The van der Waals surface area contributed by atoms with E-state index >= 15 is 0 Å². The molecule has 0 amide bonds. The molecular formula is C18H36O6. The van der Waals surface area contributed by atoms with Crippen LogP contribution in [0.5, 0.6) is 0 Å². The van der Waals surface area contributed by atoms with E-state index in [0.717, 1.165) is 0 Å². The number of aliphatic hydroxyl groups excluding tert-OH is 4. The molecule has 2 rings (SSSR count). The van der Waals surface area contributed by atoms with Gasteiger partial charge in [-0.05, 0) is 24.7 Å². The second-order valence-electron chi connectivity index (χ2n) is 7.70. The Balaban J connectivity index is 0.000000240. The lowest BCUT2D eigenvalue weighted by atomic mass is 9.94. The van der Waals surface area contributed by atoms with Crippen molar-refractivity contribution in [2.45, 2.75) is 90.0 Å². The van der Waals surface area contributed by atoms with Gasteiger partial charge in [0.2, 0.25) is 0 Å². The Bertz CT molecular complexity index is 303.